The summed E-state index contributed by atoms with van der Waals surface area (Å²) in [6, 6.07) is 12.2. The van der Waals surface area contributed by atoms with Crippen molar-refractivity contribution in [3.05, 3.63) is 74.7 Å². The van der Waals surface area contributed by atoms with Crippen LogP contribution in [0.15, 0.2) is 57.8 Å². The number of fused-ring (bicyclic) bond motifs is 1. The SMILES string of the molecule is O=C(Nc1ccc(F)cc1)c1cc2cc(Br)ccc2[nH]c1=O. The van der Waals surface area contributed by atoms with Gasteiger partial charge in [-0.25, -0.2) is 4.39 Å². The van der Waals surface area contributed by atoms with E-state index in [0.717, 1.165) is 9.86 Å². The summed E-state index contributed by atoms with van der Waals surface area (Å²) in [7, 11) is 0. The van der Waals surface area contributed by atoms with Gasteiger partial charge >= 0.3 is 0 Å². The third-order valence-corrected chi connectivity index (χ3v) is 3.65. The van der Waals surface area contributed by atoms with Crippen molar-refractivity contribution in [3.63, 3.8) is 0 Å². The maximum atomic E-state index is 12.9. The summed E-state index contributed by atoms with van der Waals surface area (Å²) in [6.07, 6.45) is 0. The van der Waals surface area contributed by atoms with Crippen LogP contribution in [0.1, 0.15) is 10.4 Å². The molecule has 0 saturated carbocycles. The lowest BCUT2D eigenvalue weighted by molar-refractivity contribution is 0.102. The first-order chi connectivity index (χ1) is 10.5. The van der Waals surface area contributed by atoms with Gasteiger partial charge < -0.3 is 10.3 Å². The van der Waals surface area contributed by atoms with E-state index in [2.05, 4.69) is 26.2 Å². The Bertz CT molecular complexity index is 920. The average Bonchev–Trinajstić information content (AvgIpc) is 2.49. The van der Waals surface area contributed by atoms with E-state index in [-0.39, 0.29) is 5.56 Å². The number of amides is 1. The summed E-state index contributed by atoms with van der Waals surface area (Å²) in [5.41, 5.74) is 0.580. The van der Waals surface area contributed by atoms with Gasteiger partial charge in [0.25, 0.3) is 11.5 Å². The summed E-state index contributed by atoms with van der Waals surface area (Å²) < 4.78 is 13.7. The number of halogens is 2. The van der Waals surface area contributed by atoms with Crippen molar-refractivity contribution in [2.45, 2.75) is 0 Å². The molecule has 0 aliphatic heterocycles. The zero-order valence-corrected chi connectivity index (χ0v) is 12.8. The Morgan fingerprint density at radius 1 is 1.09 bits per heavy atom. The molecular weight excluding hydrogens is 351 g/mol. The van der Waals surface area contributed by atoms with E-state index in [4.69, 9.17) is 0 Å². The van der Waals surface area contributed by atoms with Crippen molar-refractivity contribution in [2.24, 2.45) is 0 Å². The van der Waals surface area contributed by atoms with Crippen LogP contribution >= 0.6 is 15.9 Å². The number of H-pyrrole nitrogens is 1. The Morgan fingerprint density at radius 3 is 2.55 bits per heavy atom. The monoisotopic (exact) mass is 360 g/mol. The second kappa shape index (κ2) is 5.73. The van der Waals surface area contributed by atoms with E-state index in [1.165, 1.54) is 30.3 Å². The number of carbonyl (C=O) groups excluding carboxylic acids is 1. The van der Waals surface area contributed by atoms with Gasteiger partial charge in [0.2, 0.25) is 0 Å². The first kappa shape index (κ1) is 14.5. The standard InChI is InChI=1S/C16H10BrFN2O2/c17-10-1-6-14-9(7-10)8-13(16(22)20-14)15(21)19-12-4-2-11(18)3-5-12/h1-8H,(H,19,21)(H,20,22). The van der Waals surface area contributed by atoms with Crippen molar-refractivity contribution in [1.82, 2.24) is 4.98 Å². The fraction of sp³-hybridized carbons (Fsp3) is 0. The van der Waals surface area contributed by atoms with Crippen molar-refractivity contribution in [3.8, 4) is 0 Å². The lowest BCUT2D eigenvalue weighted by atomic mass is 10.1. The summed E-state index contributed by atoms with van der Waals surface area (Å²) in [5.74, 6) is -0.943. The Balaban J connectivity index is 1.98. The van der Waals surface area contributed by atoms with Gasteiger partial charge in [-0.1, -0.05) is 15.9 Å². The highest BCUT2D eigenvalue weighted by Gasteiger charge is 2.12. The van der Waals surface area contributed by atoms with Crippen LogP contribution in [0.25, 0.3) is 10.9 Å². The van der Waals surface area contributed by atoms with Gasteiger partial charge in [0.1, 0.15) is 11.4 Å². The number of carbonyl (C=O) groups is 1. The number of hydrogen-bond donors (Lipinski definition) is 2. The van der Waals surface area contributed by atoms with E-state index in [0.29, 0.717) is 11.2 Å². The van der Waals surface area contributed by atoms with Crippen LogP contribution in [-0.2, 0) is 0 Å². The number of hydrogen-bond acceptors (Lipinski definition) is 2. The molecule has 0 radical (unpaired) electrons. The third kappa shape index (κ3) is 2.92. The van der Waals surface area contributed by atoms with E-state index in [1.807, 2.05) is 0 Å². The molecule has 0 atom stereocenters. The predicted octanol–water partition coefficient (Wildman–Crippen LogP) is 3.68. The molecule has 110 valence electrons. The van der Waals surface area contributed by atoms with Crippen molar-refractivity contribution < 1.29 is 9.18 Å². The van der Waals surface area contributed by atoms with E-state index in [9.17, 15) is 14.0 Å². The van der Waals surface area contributed by atoms with Gasteiger partial charge in [0.15, 0.2) is 0 Å². The lowest BCUT2D eigenvalue weighted by Gasteiger charge is -2.06. The Hall–Kier alpha value is -2.47. The number of nitrogens with one attached hydrogen (secondary N) is 2. The molecule has 0 unspecified atom stereocenters. The van der Waals surface area contributed by atoms with E-state index >= 15 is 0 Å². The minimum Gasteiger partial charge on any atom is -0.322 e. The van der Waals surface area contributed by atoms with Crippen LogP contribution < -0.4 is 10.9 Å². The number of anilines is 1. The Kier molecular flexibility index (Phi) is 3.77. The molecule has 0 aliphatic carbocycles. The quantitative estimate of drug-likeness (QED) is 0.732. The number of aromatic amines is 1. The molecule has 1 heterocycles. The molecule has 2 N–H and O–H groups in total. The highest BCUT2D eigenvalue weighted by molar-refractivity contribution is 9.10. The predicted molar refractivity (Wildman–Crippen MR) is 86.6 cm³/mol. The summed E-state index contributed by atoms with van der Waals surface area (Å²) >= 11 is 3.34. The zero-order chi connectivity index (χ0) is 15.7. The second-order valence-electron chi connectivity index (χ2n) is 4.70. The minimum absolute atomic E-state index is 0.00470. The van der Waals surface area contributed by atoms with Crippen molar-refractivity contribution in [2.75, 3.05) is 5.32 Å². The van der Waals surface area contributed by atoms with Crippen LogP contribution in [-0.4, -0.2) is 10.9 Å². The molecule has 3 rings (SSSR count). The molecule has 4 nitrogen and oxygen atoms in total. The first-order valence-corrected chi connectivity index (χ1v) is 7.22. The smallest absolute Gasteiger partial charge is 0.261 e. The molecule has 6 heteroatoms. The van der Waals surface area contributed by atoms with Gasteiger partial charge in [0.05, 0.1) is 0 Å². The molecule has 0 fully saturated rings. The second-order valence-corrected chi connectivity index (χ2v) is 5.62. The van der Waals surface area contributed by atoms with E-state index in [1.54, 1.807) is 18.2 Å². The number of aromatic nitrogens is 1. The molecule has 1 aromatic heterocycles. The summed E-state index contributed by atoms with van der Waals surface area (Å²) in [6.45, 7) is 0. The summed E-state index contributed by atoms with van der Waals surface area (Å²) in [5, 5.41) is 3.30. The molecular formula is C16H10BrFN2O2. The normalized spacial score (nSPS) is 10.6. The molecule has 1 amide bonds. The van der Waals surface area contributed by atoms with Gasteiger partial charge in [-0.15, -0.1) is 0 Å². The largest absolute Gasteiger partial charge is 0.322 e. The van der Waals surface area contributed by atoms with Crippen molar-refractivity contribution >= 4 is 38.4 Å². The third-order valence-electron chi connectivity index (χ3n) is 3.15. The van der Waals surface area contributed by atoms with E-state index < -0.39 is 17.3 Å². The fourth-order valence-corrected chi connectivity index (χ4v) is 2.46. The molecule has 22 heavy (non-hydrogen) atoms. The van der Waals surface area contributed by atoms with Crippen LogP contribution in [0.2, 0.25) is 0 Å². The molecule has 0 aliphatic rings. The van der Waals surface area contributed by atoms with Gasteiger partial charge in [-0.05, 0) is 48.5 Å². The van der Waals surface area contributed by atoms with Crippen LogP contribution in [0.5, 0.6) is 0 Å². The van der Waals surface area contributed by atoms with Crippen LogP contribution in [0, 0.1) is 5.82 Å². The fourth-order valence-electron chi connectivity index (χ4n) is 2.08. The summed E-state index contributed by atoms with van der Waals surface area (Å²) in [4.78, 5) is 26.9. The van der Waals surface area contributed by atoms with Gasteiger partial charge in [-0.3, -0.25) is 9.59 Å². The Labute approximate surface area is 133 Å². The molecule has 3 aromatic rings. The molecule has 0 spiro atoms. The molecule has 0 saturated heterocycles. The van der Waals surface area contributed by atoms with Gasteiger partial charge in [0, 0.05) is 21.1 Å². The first-order valence-electron chi connectivity index (χ1n) is 6.42. The maximum Gasteiger partial charge on any atom is 0.261 e. The van der Waals surface area contributed by atoms with Crippen molar-refractivity contribution in [1.29, 1.82) is 0 Å². The van der Waals surface area contributed by atoms with Crippen LogP contribution in [0.4, 0.5) is 10.1 Å². The highest BCUT2D eigenvalue weighted by atomic mass is 79.9. The lowest BCUT2D eigenvalue weighted by Crippen LogP contribution is -2.23. The van der Waals surface area contributed by atoms with Crippen LogP contribution in [0.3, 0.4) is 0 Å². The Morgan fingerprint density at radius 2 is 1.82 bits per heavy atom. The molecule has 0 bridgehead atoms. The number of pyridine rings is 1. The van der Waals surface area contributed by atoms with Gasteiger partial charge in [-0.2, -0.15) is 0 Å². The number of rotatable bonds is 2. The number of benzene rings is 2. The average molecular weight is 361 g/mol. The highest BCUT2D eigenvalue weighted by Crippen LogP contribution is 2.18. The zero-order valence-electron chi connectivity index (χ0n) is 11.2. The minimum atomic E-state index is -0.547. The maximum absolute atomic E-state index is 12.9. The topological polar surface area (TPSA) is 62.0 Å². The molecule has 2 aromatic carbocycles.